The highest BCUT2D eigenvalue weighted by Crippen LogP contribution is 2.28. The summed E-state index contributed by atoms with van der Waals surface area (Å²) in [6.45, 7) is 8.62. The second kappa shape index (κ2) is 7.79. The summed E-state index contributed by atoms with van der Waals surface area (Å²) in [5, 5.41) is 3.04. The molecule has 0 heterocycles. The molecule has 1 aromatic carbocycles. The molecule has 0 fully saturated rings. The SMILES string of the molecule is CCCNC(c1ccccc1)C(C(C)C)S(=O)(=O)CC. The Hall–Kier alpha value is -0.870. The van der Waals surface area contributed by atoms with Gasteiger partial charge >= 0.3 is 0 Å². The summed E-state index contributed by atoms with van der Waals surface area (Å²) in [7, 11) is -3.10. The summed E-state index contributed by atoms with van der Waals surface area (Å²) < 4.78 is 25.0. The van der Waals surface area contributed by atoms with E-state index < -0.39 is 9.84 Å². The highest BCUT2D eigenvalue weighted by atomic mass is 32.2. The minimum absolute atomic E-state index is 0.0783. The van der Waals surface area contributed by atoms with Crippen molar-refractivity contribution in [3.8, 4) is 0 Å². The van der Waals surface area contributed by atoms with Crippen LogP contribution in [0.1, 0.15) is 45.7 Å². The van der Waals surface area contributed by atoms with Crippen molar-refractivity contribution in [2.75, 3.05) is 12.3 Å². The maximum atomic E-state index is 12.5. The number of sulfone groups is 1. The Kier molecular flexibility index (Phi) is 6.69. The number of benzene rings is 1. The highest BCUT2D eigenvalue weighted by molar-refractivity contribution is 7.92. The first-order valence-corrected chi connectivity index (χ1v) is 9.15. The molecule has 0 aliphatic rings. The van der Waals surface area contributed by atoms with Gasteiger partial charge in [0.2, 0.25) is 0 Å². The van der Waals surface area contributed by atoms with E-state index in [1.54, 1.807) is 6.92 Å². The number of hydrogen-bond donors (Lipinski definition) is 1. The largest absolute Gasteiger partial charge is 0.309 e. The van der Waals surface area contributed by atoms with E-state index in [4.69, 9.17) is 0 Å². The van der Waals surface area contributed by atoms with E-state index in [-0.39, 0.29) is 23.0 Å². The normalized spacial score (nSPS) is 15.2. The standard InChI is InChI=1S/C16H27NO2S/c1-5-12-17-15(14-10-8-7-9-11-14)16(13(3)4)20(18,19)6-2/h7-11,13,15-17H,5-6,12H2,1-4H3. The summed E-state index contributed by atoms with van der Waals surface area (Å²) in [6.07, 6.45) is 0.986. The predicted molar refractivity (Wildman–Crippen MR) is 85.6 cm³/mol. The molecular weight excluding hydrogens is 270 g/mol. The molecule has 20 heavy (non-hydrogen) atoms. The minimum atomic E-state index is -3.10. The van der Waals surface area contributed by atoms with Gasteiger partial charge in [-0.25, -0.2) is 8.42 Å². The van der Waals surface area contributed by atoms with Crippen molar-refractivity contribution < 1.29 is 8.42 Å². The van der Waals surface area contributed by atoms with Gasteiger partial charge in [0.25, 0.3) is 0 Å². The smallest absolute Gasteiger partial charge is 0.155 e. The van der Waals surface area contributed by atoms with Crippen molar-refractivity contribution in [1.82, 2.24) is 5.32 Å². The lowest BCUT2D eigenvalue weighted by Crippen LogP contribution is -2.41. The zero-order valence-corrected chi connectivity index (χ0v) is 13.8. The van der Waals surface area contributed by atoms with E-state index in [0.717, 1.165) is 18.5 Å². The van der Waals surface area contributed by atoms with Gasteiger partial charge in [-0.2, -0.15) is 0 Å². The first-order valence-electron chi connectivity index (χ1n) is 7.43. The van der Waals surface area contributed by atoms with Crippen LogP contribution in [0.3, 0.4) is 0 Å². The summed E-state index contributed by atoms with van der Waals surface area (Å²) in [6, 6.07) is 9.76. The average molecular weight is 297 g/mol. The first-order chi connectivity index (χ1) is 9.44. The molecule has 4 heteroatoms. The Morgan fingerprint density at radius 1 is 1.10 bits per heavy atom. The fraction of sp³-hybridized carbons (Fsp3) is 0.625. The molecule has 1 rings (SSSR count). The van der Waals surface area contributed by atoms with Crippen molar-refractivity contribution in [1.29, 1.82) is 0 Å². The Labute approximate surface area is 123 Å². The second-order valence-electron chi connectivity index (χ2n) is 5.50. The van der Waals surface area contributed by atoms with Crippen LogP contribution in [0.15, 0.2) is 30.3 Å². The minimum Gasteiger partial charge on any atom is -0.309 e. The van der Waals surface area contributed by atoms with Crippen LogP contribution in [0.2, 0.25) is 0 Å². The summed E-state index contributed by atoms with van der Waals surface area (Å²) >= 11 is 0. The molecule has 2 unspecified atom stereocenters. The molecule has 0 aliphatic heterocycles. The van der Waals surface area contributed by atoms with Crippen LogP contribution >= 0.6 is 0 Å². The van der Waals surface area contributed by atoms with Gasteiger partial charge < -0.3 is 5.32 Å². The second-order valence-corrected chi connectivity index (χ2v) is 7.95. The number of rotatable bonds is 8. The Morgan fingerprint density at radius 3 is 2.15 bits per heavy atom. The molecule has 2 atom stereocenters. The van der Waals surface area contributed by atoms with Gasteiger partial charge in [0.15, 0.2) is 9.84 Å². The van der Waals surface area contributed by atoms with E-state index in [0.29, 0.717) is 0 Å². The van der Waals surface area contributed by atoms with Crippen LogP contribution in [-0.2, 0) is 9.84 Å². The summed E-state index contributed by atoms with van der Waals surface area (Å²) in [5.41, 5.74) is 1.05. The van der Waals surface area contributed by atoms with Gasteiger partial charge in [-0.3, -0.25) is 0 Å². The summed E-state index contributed by atoms with van der Waals surface area (Å²) in [5.74, 6) is 0.266. The molecule has 1 aromatic rings. The Bertz CT molecular complexity index is 482. The molecule has 0 spiro atoms. The van der Waals surface area contributed by atoms with Crippen molar-refractivity contribution in [3.63, 3.8) is 0 Å². The van der Waals surface area contributed by atoms with E-state index in [1.165, 1.54) is 0 Å². The van der Waals surface area contributed by atoms with Crippen molar-refractivity contribution in [2.45, 2.75) is 45.4 Å². The molecule has 0 aliphatic carbocycles. The van der Waals surface area contributed by atoms with Crippen LogP contribution in [-0.4, -0.2) is 26.0 Å². The molecule has 0 saturated carbocycles. The first kappa shape index (κ1) is 17.2. The monoisotopic (exact) mass is 297 g/mol. The van der Waals surface area contributed by atoms with E-state index in [2.05, 4.69) is 12.2 Å². The fourth-order valence-corrected chi connectivity index (χ4v) is 4.47. The molecule has 0 amide bonds. The van der Waals surface area contributed by atoms with E-state index in [9.17, 15) is 8.42 Å². The van der Waals surface area contributed by atoms with Crippen molar-refractivity contribution in [2.24, 2.45) is 5.92 Å². The molecule has 0 bridgehead atoms. The van der Waals surface area contributed by atoms with Gasteiger partial charge in [0, 0.05) is 11.8 Å². The van der Waals surface area contributed by atoms with Crippen LogP contribution in [0.4, 0.5) is 0 Å². The molecule has 0 aromatic heterocycles. The van der Waals surface area contributed by atoms with Gasteiger partial charge in [-0.05, 0) is 24.4 Å². The Balaban J connectivity index is 3.19. The molecule has 3 nitrogen and oxygen atoms in total. The third-order valence-corrected chi connectivity index (χ3v) is 6.03. The quantitative estimate of drug-likeness (QED) is 0.801. The summed E-state index contributed by atoms with van der Waals surface area (Å²) in [4.78, 5) is 0. The average Bonchev–Trinajstić information content (AvgIpc) is 2.43. The number of hydrogen-bond acceptors (Lipinski definition) is 3. The lowest BCUT2D eigenvalue weighted by atomic mass is 9.96. The molecule has 114 valence electrons. The third kappa shape index (κ3) is 4.32. The predicted octanol–water partition coefficient (Wildman–Crippen LogP) is 3.19. The molecule has 0 radical (unpaired) electrons. The van der Waals surface area contributed by atoms with E-state index >= 15 is 0 Å². The molecule has 0 saturated heterocycles. The van der Waals surface area contributed by atoms with Crippen molar-refractivity contribution in [3.05, 3.63) is 35.9 Å². The van der Waals surface area contributed by atoms with Crippen LogP contribution < -0.4 is 5.32 Å². The maximum absolute atomic E-state index is 12.5. The third-order valence-electron chi connectivity index (χ3n) is 3.58. The lowest BCUT2D eigenvalue weighted by molar-refractivity contribution is 0.421. The highest BCUT2D eigenvalue weighted by Gasteiger charge is 2.35. The van der Waals surface area contributed by atoms with Gasteiger partial charge in [0.1, 0.15) is 0 Å². The molecular formula is C16H27NO2S. The van der Waals surface area contributed by atoms with Gasteiger partial charge in [-0.1, -0.05) is 58.0 Å². The Morgan fingerprint density at radius 2 is 1.70 bits per heavy atom. The molecule has 1 N–H and O–H groups in total. The van der Waals surface area contributed by atoms with Crippen LogP contribution in [0.5, 0.6) is 0 Å². The van der Waals surface area contributed by atoms with Gasteiger partial charge in [0.05, 0.1) is 5.25 Å². The zero-order chi connectivity index (χ0) is 15.2. The maximum Gasteiger partial charge on any atom is 0.155 e. The van der Waals surface area contributed by atoms with E-state index in [1.807, 2.05) is 44.2 Å². The van der Waals surface area contributed by atoms with Crippen LogP contribution in [0.25, 0.3) is 0 Å². The van der Waals surface area contributed by atoms with Crippen molar-refractivity contribution >= 4 is 9.84 Å². The lowest BCUT2D eigenvalue weighted by Gasteiger charge is -2.31. The topological polar surface area (TPSA) is 46.2 Å². The number of nitrogens with one attached hydrogen (secondary N) is 1. The zero-order valence-electron chi connectivity index (χ0n) is 13.0. The fourth-order valence-electron chi connectivity index (χ4n) is 2.58. The van der Waals surface area contributed by atoms with Gasteiger partial charge in [-0.15, -0.1) is 0 Å². The van der Waals surface area contributed by atoms with Crippen LogP contribution in [0, 0.1) is 5.92 Å².